The third kappa shape index (κ3) is 2.53. The molecule has 21 heavy (non-hydrogen) atoms. The number of benzene rings is 1. The molecule has 0 spiro atoms. The molecule has 114 valence electrons. The molecule has 0 unspecified atom stereocenters. The van der Waals surface area contributed by atoms with Gasteiger partial charge in [-0.25, -0.2) is 8.78 Å². The largest absolute Gasteiger partial charge is 0.396 e. The van der Waals surface area contributed by atoms with Crippen molar-refractivity contribution in [1.29, 1.82) is 0 Å². The van der Waals surface area contributed by atoms with Crippen molar-refractivity contribution in [2.24, 2.45) is 11.3 Å². The summed E-state index contributed by atoms with van der Waals surface area (Å²) in [5.41, 5.74) is 0.0919. The van der Waals surface area contributed by atoms with Crippen LogP contribution in [0.3, 0.4) is 0 Å². The molecule has 3 rings (SSSR count). The minimum absolute atomic E-state index is 0.00732. The number of fused-ring (bicyclic) bond motifs is 1. The molecule has 1 N–H and O–H groups in total. The number of nitrogens with zero attached hydrogens (tertiary/aromatic N) is 1. The van der Waals surface area contributed by atoms with Crippen LogP contribution in [0.2, 0.25) is 0 Å². The van der Waals surface area contributed by atoms with E-state index < -0.39 is 11.6 Å². The Morgan fingerprint density at radius 1 is 1.43 bits per heavy atom. The Morgan fingerprint density at radius 2 is 2.24 bits per heavy atom. The molecule has 1 aromatic rings. The Hall–Kier alpha value is -1.53. The SMILES string of the molecule is O=C(Cc1ccc(F)c(F)c1)N1C[C@H]2COC[C@@]2(CO)C1. The molecule has 2 heterocycles. The molecule has 6 heteroatoms. The van der Waals surface area contributed by atoms with E-state index in [9.17, 15) is 18.7 Å². The van der Waals surface area contributed by atoms with Crippen LogP contribution in [0.5, 0.6) is 0 Å². The van der Waals surface area contributed by atoms with E-state index in [4.69, 9.17) is 4.74 Å². The number of likely N-dealkylation sites (tertiary alicyclic amines) is 1. The highest BCUT2D eigenvalue weighted by Crippen LogP contribution is 2.40. The lowest BCUT2D eigenvalue weighted by atomic mass is 9.82. The molecule has 0 aliphatic carbocycles. The summed E-state index contributed by atoms with van der Waals surface area (Å²) in [6, 6.07) is 3.49. The first-order chi connectivity index (χ1) is 10.0. The fourth-order valence-corrected chi connectivity index (χ4v) is 3.18. The zero-order valence-electron chi connectivity index (χ0n) is 11.5. The molecule has 2 aliphatic heterocycles. The van der Waals surface area contributed by atoms with Crippen LogP contribution < -0.4 is 0 Å². The van der Waals surface area contributed by atoms with Crippen molar-refractivity contribution >= 4 is 5.91 Å². The first-order valence-corrected chi connectivity index (χ1v) is 6.94. The third-order valence-corrected chi connectivity index (χ3v) is 4.53. The molecule has 2 atom stereocenters. The van der Waals surface area contributed by atoms with Gasteiger partial charge in [-0.3, -0.25) is 4.79 Å². The minimum Gasteiger partial charge on any atom is -0.396 e. The van der Waals surface area contributed by atoms with Crippen LogP contribution in [0, 0.1) is 23.0 Å². The molecule has 1 amide bonds. The third-order valence-electron chi connectivity index (χ3n) is 4.53. The molecule has 0 saturated carbocycles. The molecular weight excluding hydrogens is 280 g/mol. The van der Waals surface area contributed by atoms with Crippen molar-refractivity contribution in [3.63, 3.8) is 0 Å². The second-order valence-corrected chi connectivity index (χ2v) is 5.93. The molecule has 4 nitrogen and oxygen atoms in total. The summed E-state index contributed by atoms with van der Waals surface area (Å²) >= 11 is 0. The monoisotopic (exact) mass is 297 g/mol. The lowest BCUT2D eigenvalue weighted by molar-refractivity contribution is -0.130. The maximum absolute atomic E-state index is 13.2. The average molecular weight is 297 g/mol. The fraction of sp³-hybridized carbons (Fsp3) is 0.533. The Labute approximate surface area is 121 Å². The van der Waals surface area contributed by atoms with Crippen LogP contribution in [0.15, 0.2) is 18.2 Å². The Kier molecular flexibility index (Phi) is 3.67. The zero-order valence-corrected chi connectivity index (χ0v) is 11.5. The fourth-order valence-electron chi connectivity index (χ4n) is 3.18. The van der Waals surface area contributed by atoms with Crippen LogP contribution in [-0.4, -0.2) is 48.8 Å². The number of carbonyl (C=O) groups is 1. The normalized spacial score (nSPS) is 28.0. The van der Waals surface area contributed by atoms with E-state index in [-0.39, 0.29) is 30.3 Å². The highest BCUT2D eigenvalue weighted by atomic mass is 19.2. The number of rotatable bonds is 3. The number of carbonyl (C=O) groups excluding carboxylic acids is 1. The van der Waals surface area contributed by atoms with Crippen LogP contribution in [0.25, 0.3) is 0 Å². The Balaban J connectivity index is 1.68. The summed E-state index contributed by atoms with van der Waals surface area (Å²) < 4.78 is 31.4. The number of aliphatic hydroxyl groups is 1. The van der Waals surface area contributed by atoms with Crippen molar-refractivity contribution in [3.05, 3.63) is 35.4 Å². The predicted octanol–water partition coefficient (Wildman–Crippen LogP) is 0.975. The van der Waals surface area contributed by atoms with Gasteiger partial charge in [0.2, 0.25) is 5.91 Å². The average Bonchev–Trinajstić information content (AvgIpc) is 3.00. The lowest BCUT2D eigenvalue weighted by Crippen LogP contribution is -2.36. The van der Waals surface area contributed by atoms with E-state index in [1.165, 1.54) is 6.07 Å². The standard InChI is InChI=1S/C15H17F2NO3/c16-12-2-1-10(3-13(12)17)4-14(20)18-5-11-6-21-9-15(11,7-18)8-19/h1-3,11,19H,4-9H2/t11-,15-/m0/s1. The van der Waals surface area contributed by atoms with E-state index in [0.717, 1.165) is 12.1 Å². The van der Waals surface area contributed by atoms with Crippen molar-refractivity contribution in [1.82, 2.24) is 4.90 Å². The van der Waals surface area contributed by atoms with Crippen LogP contribution >= 0.6 is 0 Å². The predicted molar refractivity (Wildman–Crippen MR) is 70.5 cm³/mol. The molecule has 0 bridgehead atoms. The Morgan fingerprint density at radius 3 is 2.90 bits per heavy atom. The molecular formula is C15H17F2NO3. The van der Waals surface area contributed by atoms with Gasteiger partial charge in [-0.15, -0.1) is 0 Å². The first kappa shape index (κ1) is 14.4. The minimum atomic E-state index is -0.946. The van der Waals surface area contributed by atoms with Gasteiger partial charge in [0.1, 0.15) is 0 Å². The zero-order chi connectivity index (χ0) is 15.0. The number of halogens is 2. The van der Waals surface area contributed by atoms with Crippen LogP contribution in [0.4, 0.5) is 8.78 Å². The van der Waals surface area contributed by atoms with Crippen LogP contribution in [0.1, 0.15) is 5.56 Å². The number of aliphatic hydroxyl groups excluding tert-OH is 1. The van der Waals surface area contributed by atoms with Gasteiger partial charge in [0.05, 0.1) is 26.2 Å². The van der Waals surface area contributed by atoms with Gasteiger partial charge in [0.25, 0.3) is 0 Å². The molecule has 0 radical (unpaired) electrons. The Bertz CT molecular complexity index is 566. The number of hydrogen-bond donors (Lipinski definition) is 1. The summed E-state index contributed by atoms with van der Waals surface area (Å²) in [6.07, 6.45) is 0.0340. The van der Waals surface area contributed by atoms with Crippen LogP contribution in [-0.2, 0) is 16.0 Å². The highest BCUT2D eigenvalue weighted by Gasteiger charge is 2.51. The van der Waals surface area contributed by atoms with Gasteiger partial charge in [-0.05, 0) is 17.7 Å². The maximum Gasteiger partial charge on any atom is 0.227 e. The number of amides is 1. The van der Waals surface area contributed by atoms with Crippen molar-refractivity contribution in [2.75, 3.05) is 32.9 Å². The van der Waals surface area contributed by atoms with Gasteiger partial charge in [0.15, 0.2) is 11.6 Å². The van der Waals surface area contributed by atoms with E-state index in [0.29, 0.717) is 31.9 Å². The van der Waals surface area contributed by atoms with E-state index in [2.05, 4.69) is 0 Å². The summed E-state index contributed by atoms with van der Waals surface area (Å²) in [6.45, 7) is 2.00. The van der Waals surface area contributed by atoms with Crippen molar-refractivity contribution < 1.29 is 23.4 Å². The topological polar surface area (TPSA) is 49.8 Å². The quantitative estimate of drug-likeness (QED) is 0.904. The van der Waals surface area contributed by atoms with Crippen molar-refractivity contribution in [2.45, 2.75) is 6.42 Å². The van der Waals surface area contributed by atoms with E-state index in [1.54, 1.807) is 4.90 Å². The highest BCUT2D eigenvalue weighted by molar-refractivity contribution is 5.79. The van der Waals surface area contributed by atoms with Gasteiger partial charge in [-0.2, -0.15) is 0 Å². The van der Waals surface area contributed by atoms with Gasteiger partial charge in [-0.1, -0.05) is 6.07 Å². The second-order valence-electron chi connectivity index (χ2n) is 5.93. The van der Waals surface area contributed by atoms with Gasteiger partial charge in [0, 0.05) is 24.4 Å². The number of hydrogen-bond acceptors (Lipinski definition) is 3. The maximum atomic E-state index is 13.2. The molecule has 0 aromatic heterocycles. The second kappa shape index (κ2) is 5.35. The van der Waals surface area contributed by atoms with Gasteiger partial charge < -0.3 is 14.7 Å². The summed E-state index contributed by atoms with van der Waals surface area (Å²) in [7, 11) is 0. The smallest absolute Gasteiger partial charge is 0.227 e. The van der Waals surface area contributed by atoms with E-state index in [1.807, 2.05) is 0 Å². The summed E-state index contributed by atoms with van der Waals surface area (Å²) in [5, 5.41) is 9.57. The van der Waals surface area contributed by atoms with Gasteiger partial charge >= 0.3 is 0 Å². The molecule has 2 fully saturated rings. The molecule has 2 saturated heterocycles. The molecule has 1 aromatic carbocycles. The number of ether oxygens (including phenoxy) is 1. The molecule has 2 aliphatic rings. The summed E-state index contributed by atoms with van der Waals surface area (Å²) in [4.78, 5) is 14.0. The lowest BCUT2D eigenvalue weighted by Gasteiger charge is -2.24. The summed E-state index contributed by atoms with van der Waals surface area (Å²) in [5.74, 6) is -1.85. The van der Waals surface area contributed by atoms with E-state index >= 15 is 0 Å². The first-order valence-electron chi connectivity index (χ1n) is 6.94. The van der Waals surface area contributed by atoms with Crippen molar-refractivity contribution in [3.8, 4) is 0 Å².